The molecule has 0 amide bonds. The maximum atomic E-state index is 5.67. The van der Waals surface area contributed by atoms with E-state index in [2.05, 4.69) is 11.8 Å². The van der Waals surface area contributed by atoms with Crippen LogP contribution < -0.4 is 0 Å². The van der Waals surface area contributed by atoms with Gasteiger partial charge >= 0.3 is 0 Å². The maximum Gasteiger partial charge on any atom is 0.0486 e. The van der Waals surface area contributed by atoms with Crippen molar-refractivity contribution in [3.05, 3.63) is 11.6 Å². The lowest BCUT2D eigenvalue weighted by Crippen LogP contribution is -1.68. The summed E-state index contributed by atoms with van der Waals surface area (Å²) < 4.78 is 0. The fourth-order valence-corrected chi connectivity index (χ4v) is 0.818. The van der Waals surface area contributed by atoms with Gasteiger partial charge in [-0.25, -0.2) is 0 Å². The van der Waals surface area contributed by atoms with Crippen molar-refractivity contribution in [1.29, 1.82) is 0 Å². The highest BCUT2D eigenvalue weighted by molar-refractivity contribution is 6.25. The van der Waals surface area contributed by atoms with Crippen LogP contribution in [0.2, 0.25) is 0 Å². The zero-order valence-electron chi connectivity index (χ0n) is 4.77. The Labute approximate surface area is 64.8 Å². The van der Waals surface area contributed by atoms with Gasteiger partial charge in [-0.3, -0.25) is 0 Å². The standard InChI is InChI=1S/C7H6Cl2/c8-4-2-1-3-6-5-7(6)9/h2,4,6-7H,5H2/b4-2+. The molecule has 2 atom stereocenters. The van der Waals surface area contributed by atoms with Crippen LogP contribution in [0.5, 0.6) is 0 Å². The summed E-state index contributed by atoms with van der Waals surface area (Å²) in [5.41, 5.74) is 1.40. The van der Waals surface area contributed by atoms with Crippen molar-refractivity contribution < 1.29 is 0 Å². The van der Waals surface area contributed by atoms with Crippen LogP contribution in [0, 0.1) is 17.8 Å². The van der Waals surface area contributed by atoms with Crippen LogP contribution >= 0.6 is 23.2 Å². The highest BCUT2D eigenvalue weighted by atomic mass is 35.5. The molecular formula is C7H6Cl2. The Morgan fingerprint density at radius 3 is 2.67 bits per heavy atom. The number of allylic oxidation sites excluding steroid dienone is 1. The molecule has 2 unspecified atom stereocenters. The lowest BCUT2D eigenvalue weighted by molar-refractivity contribution is 1.18. The molecule has 0 radical (unpaired) electrons. The quantitative estimate of drug-likeness (QED) is 0.378. The van der Waals surface area contributed by atoms with Crippen molar-refractivity contribution in [2.75, 3.05) is 0 Å². The Morgan fingerprint density at radius 1 is 1.56 bits per heavy atom. The van der Waals surface area contributed by atoms with Crippen molar-refractivity contribution in [3.63, 3.8) is 0 Å². The molecule has 0 aromatic rings. The molecule has 0 aliphatic heterocycles. The van der Waals surface area contributed by atoms with Gasteiger partial charge in [0.25, 0.3) is 0 Å². The third kappa shape index (κ3) is 2.30. The monoisotopic (exact) mass is 160 g/mol. The van der Waals surface area contributed by atoms with Gasteiger partial charge in [0.05, 0.1) is 0 Å². The third-order valence-electron chi connectivity index (χ3n) is 1.13. The fraction of sp³-hybridized carbons (Fsp3) is 0.429. The summed E-state index contributed by atoms with van der Waals surface area (Å²) in [4.78, 5) is 0. The van der Waals surface area contributed by atoms with E-state index >= 15 is 0 Å². The minimum atomic E-state index is 0.293. The highest BCUT2D eigenvalue weighted by Crippen LogP contribution is 2.34. The molecule has 0 aromatic heterocycles. The lowest BCUT2D eigenvalue weighted by atomic mass is 10.4. The van der Waals surface area contributed by atoms with Crippen molar-refractivity contribution in [3.8, 4) is 11.8 Å². The Kier molecular flexibility index (Phi) is 2.45. The Bertz CT molecular complexity index is 173. The second kappa shape index (κ2) is 3.15. The Hall–Kier alpha value is -0.120. The van der Waals surface area contributed by atoms with Crippen molar-refractivity contribution in [1.82, 2.24) is 0 Å². The molecule has 48 valence electrons. The minimum absolute atomic E-state index is 0.293. The molecule has 0 heterocycles. The molecule has 2 heteroatoms. The molecule has 1 aliphatic rings. The molecular weight excluding hydrogens is 155 g/mol. The predicted molar refractivity (Wildman–Crippen MR) is 40.5 cm³/mol. The largest absolute Gasteiger partial charge is 0.122 e. The summed E-state index contributed by atoms with van der Waals surface area (Å²) in [6.45, 7) is 0. The number of rotatable bonds is 0. The number of hydrogen-bond donors (Lipinski definition) is 0. The molecule has 0 nitrogen and oxygen atoms in total. The van der Waals surface area contributed by atoms with Crippen LogP contribution in [0.25, 0.3) is 0 Å². The van der Waals surface area contributed by atoms with E-state index in [4.69, 9.17) is 23.2 Å². The van der Waals surface area contributed by atoms with Gasteiger partial charge in [-0.2, -0.15) is 0 Å². The maximum absolute atomic E-state index is 5.67. The van der Waals surface area contributed by atoms with E-state index in [1.165, 1.54) is 5.54 Å². The van der Waals surface area contributed by atoms with Crippen LogP contribution in [-0.2, 0) is 0 Å². The molecule has 0 saturated heterocycles. The summed E-state index contributed by atoms with van der Waals surface area (Å²) in [6.07, 6.45) is 2.65. The molecule has 1 rings (SSSR count). The molecule has 0 aromatic carbocycles. The Balaban J connectivity index is 2.27. The van der Waals surface area contributed by atoms with Crippen LogP contribution in [-0.4, -0.2) is 5.38 Å². The van der Waals surface area contributed by atoms with Crippen molar-refractivity contribution >= 4 is 23.2 Å². The summed E-state index contributed by atoms with van der Waals surface area (Å²) in [5.74, 6) is 6.15. The fourth-order valence-electron chi connectivity index (χ4n) is 0.500. The number of alkyl halides is 1. The van der Waals surface area contributed by atoms with Crippen LogP contribution in [0.1, 0.15) is 6.42 Å². The van der Waals surface area contributed by atoms with Gasteiger partial charge in [0, 0.05) is 16.8 Å². The first kappa shape index (κ1) is 6.99. The molecule has 1 saturated carbocycles. The van der Waals surface area contributed by atoms with Gasteiger partial charge in [-0.15, -0.1) is 11.6 Å². The molecule has 0 N–H and O–H groups in total. The molecule has 1 aliphatic carbocycles. The highest BCUT2D eigenvalue weighted by Gasteiger charge is 2.33. The van der Waals surface area contributed by atoms with Gasteiger partial charge in [0.15, 0.2) is 0 Å². The van der Waals surface area contributed by atoms with E-state index in [0.29, 0.717) is 11.3 Å². The summed E-state index contributed by atoms with van der Waals surface area (Å²) >= 11 is 10.9. The summed E-state index contributed by atoms with van der Waals surface area (Å²) in [5, 5.41) is 0.293. The van der Waals surface area contributed by atoms with Gasteiger partial charge in [-0.05, 0) is 12.5 Å². The van der Waals surface area contributed by atoms with E-state index in [-0.39, 0.29) is 0 Å². The van der Waals surface area contributed by atoms with E-state index in [9.17, 15) is 0 Å². The average Bonchev–Trinajstić information content (AvgIpc) is 2.48. The van der Waals surface area contributed by atoms with E-state index in [0.717, 1.165) is 6.42 Å². The number of hydrogen-bond acceptors (Lipinski definition) is 0. The van der Waals surface area contributed by atoms with E-state index < -0.39 is 0 Å². The van der Waals surface area contributed by atoms with Crippen LogP contribution in [0.15, 0.2) is 11.6 Å². The van der Waals surface area contributed by atoms with E-state index in [1.807, 2.05) is 0 Å². The summed E-state index contributed by atoms with van der Waals surface area (Å²) in [6, 6.07) is 0. The molecule has 9 heavy (non-hydrogen) atoms. The van der Waals surface area contributed by atoms with E-state index in [1.54, 1.807) is 6.08 Å². The van der Waals surface area contributed by atoms with Crippen LogP contribution in [0.4, 0.5) is 0 Å². The second-order valence-electron chi connectivity index (χ2n) is 1.94. The average molecular weight is 161 g/mol. The molecule has 0 bridgehead atoms. The van der Waals surface area contributed by atoms with Crippen molar-refractivity contribution in [2.24, 2.45) is 5.92 Å². The smallest absolute Gasteiger partial charge is 0.0486 e. The van der Waals surface area contributed by atoms with Gasteiger partial charge < -0.3 is 0 Å². The first-order valence-corrected chi connectivity index (χ1v) is 3.62. The minimum Gasteiger partial charge on any atom is -0.122 e. The Morgan fingerprint density at radius 2 is 2.22 bits per heavy atom. The second-order valence-corrected chi connectivity index (χ2v) is 2.75. The topological polar surface area (TPSA) is 0 Å². The van der Waals surface area contributed by atoms with Gasteiger partial charge in [0.2, 0.25) is 0 Å². The number of halogens is 2. The molecule has 0 spiro atoms. The summed E-state index contributed by atoms with van der Waals surface area (Å²) in [7, 11) is 0. The van der Waals surface area contributed by atoms with Gasteiger partial charge in [0.1, 0.15) is 0 Å². The van der Waals surface area contributed by atoms with Gasteiger partial charge in [-0.1, -0.05) is 23.4 Å². The first-order valence-electron chi connectivity index (χ1n) is 2.75. The SMILES string of the molecule is Cl/C=C/C#CC1CC1Cl. The normalized spacial score (nSPS) is 31.8. The van der Waals surface area contributed by atoms with Crippen LogP contribution in [0.3, 0.4) is 0 Å². The lowest BCUT2D eigenvalue weighted by Gasteiger charge is -1.70. The molecule has 1 fully saturated rings. The zero-order valence-corrected chi connectivity index (χ0v) is 6.28. The zero-order chi connectivity index (χ0) is 6.69. The van der Waals surface area contributed by atoms with Crippen molar-refractivity contribution in [2.45, 2.75) is 11.8 Å². The predicted octanol–water partition coefficient (Wildman–Crippen LogP) is 2.37. The third-order valence-corrected chi connectivity index (χ3v) is 1.74. The first-order chi connectivity index (χ1) is 4.34.